The molecule has 0 aliphatic carbocycles. The van der Waals surface area contributed by atoms with E-state index in [1.54, 1.807) is 24.3 Å². The van der Waals surface area contributed by atoms with E-state index in [1.165, 1.54) is 30.0 Å². The zero-order chi connectivity index (χ0) is 19.4. The molecule has 0 fully saturated rings. The minimum atomic E-state index is -3.77. The van der Waals surface area contributed by atoms with E-state index < -0.39 is 10.0 Å². The predicted molar refractivity (Wildman–Crippen MR) is 96.9 cm³/mol. The number of sulfonamides is 1. The summed E-state index contributed by atoms with van der Waals surface area (Å²) in [5.74, 6) is 0.609. The van der Waals surface area contributed by atoms with Gasteiger partial charge in [0.2, 0.25) is 22.7 Å². The summed E-state index contributed by atoms with van der Waals surface area (Å²) >= 11 is 0. The third-order valence-electron chi connectivity index (χ3n) is 3.95. The van der Waals surface area contributed by atoms with Crippen LogP contribution in [0.4, 0.5) is 5.69 Å². The molecule has 1 amide bonds. The molecule has 1 heterocycles. The first-order valence-electron chi connectivity index (χ1n) is 8.08. The molecule has 3 rings (SSSR count). The van der Waals surface area contributed by atoms with Gasteiger partial charge in [-0.25, -0.2) is 13.1 Å². The van der Waals surface area contributed by atoms with E-state index in [9.17, 15) is 13.2 Å². The summed E-state index contributed by atoms with van der Waals surface area (Å²) in [5, 5.41) is 8.99. The molecule has 0 spiro atoms. The van der Waals surface area contributed by atoms with Crippen LogP contribution in [0.25, 0.3) is 0 Å². The van der Waals surface area contributed by atoms with Gasteiger partial charge < -0.3 is 14.4 Å². The maximum absolute atomic E-state index is 12.5. The number of amides is 1. The van der Waals surface area contributed by atoms with Gasteiger partial charge in [0.1, 0.15) is 0 Å². The quantitative estimate of drug-likeness (QED) is 0.807. The molecule has 0 saturated carbocycles. The predicted octanol–water partition coefficient (Wildman–Crippen LogP) is 1.62. The second-order valence-corrected chi connectivity index (χ2v) is 7.51. The molecule has 140 valence electrons. The number of hydrogen-bond donors (Lipinski definition) is 1. The molecule has 1 aliphatic heterocycles. The summed E-state index contributed by atoms with van der Waals surface area (Å²) in [6.45, 7) is 1.56. The largest absolute Gasteiger partial charge is 0.454 e. The highest BCUT2D eigenvalue weighted by atomic mass is 32.2. The number of hydrogen-bond acceptors (Lipinski definition) is 6. The number of nitrogens with zero attached hydrogens (tertiary/aromatic N) is 2. The number of rotatable bonds is 6. The Morgan fingerprint density at radius 2 is 2.00 bits per heavy atom. The Kier molecular flexibility index (Phi) is 5.30. The number of anilines is 1. The summed E-state index contributed by atoms with van der Waals surface area (Å²) in [4.78, 5) is 13.4. The van der Waals surface area contributed by atoms with Crippen molar-refractivity contribution in [3.05, 3.63) is 48.0 Å². The highest BCUT2D eigenvalue weighted by Gasteiger charge is 2.21. The van der Waals surface area contributed by atoms with Crippen molar-refractivity contribution in [1.29, 1.82) is 5.26 Å². The minimum absolute atomic E-state index is 0.00708. The van der Waals surface area contributed by atoms with Gasteiger partial charge >= 0.3 is 0 Å². The van der Waals surface area contributed by atoms with Crippen molar-refractivity contribution in [3.63, 3.8) is 0 Å². The average Bonchev–Trinajstić information content (AvgIpc) is 3.12. The molecule has 2 aromatic carbocycles. The molecule has 1 N–H and O–H groups in total. The van der Waals surface area contributed by atoms with Crippen molar-refractivity contribution in [2.45, 2.75) is 11.8 Å². The Morgan fingerprint density at radius 3 is 2.74 bits per heavy atom. The molecule has 0 saturated heterocycles. The number of fused-ring (bicyclic) bond motifs is 1. The molecule has 0 aromatic heterocycles. The van der Waals surface area contributed by atoms with Crippen molar-refractivity contribution in [2.24, 2.45) is 0 Å². The second-order valence-electron chi connectivity index (χ2n) is 5.75. The highest BCUT2D eigenvalue weighted by Crippen LogP contribution is 2.33. The van der Waals surface area contributed by atoms with Crippen LogP contribution in [0.15, 0.2) is 47.4 Å². The smallest absolute Gasteiger partial charge is 0.240 e. The maximum atomic E-state index is 12.5. The summed E-state index contributed by atoms with van der Waals surface area (Å²) < 4.78 is 37.8. The highest BCUT2D eigenvalue weighted by molar-refractivity contribution is 7.89. The standard InChI is InChI=1S/C18H17N3O5S/c1-13(22)21(15-4-2-3-14(9-15)11-19)8-7-20-27(23,24)16-5-6-17-18(10-16)26-12-25-17/h2-6,9-10,20H,7-8,12H2,1H3. The Balaban J connectivity index is 1.69. The molecule has 0 atom stereocenters. The van der Waals surface area contributed by atoms with E-state index in [1.807, 2.05) is 6.07 Å². The lowest BCUT2D eigenvalue weighted by Crippen LogP contribution is -2.37. The second kappa shape index (κ2) is 7.65. The van der Waals surface area contributed by atoms with Gasteiger partial charge in [-0.05, 0) is 30.3 Å². The van der Waals surface area contributed by atoms with Crippen molar-refractivity contribution in [2.75, 3.05) is 24.8 Å². The number of nitriles is 1. The van der Waals surface area contributed by atoms with E-state index in [-0.39, 0.29) is 30.7 Å². The van der Waals surface area contributed by atoms with Gasteiger partial charge in [-0.1, -0.05) is 6.07 Å². The van der Waals surface area contributed by atoms with E-state index in [2.05, 4.69) is 4.72 Å². The molecule has 8 nitrogen and oxygen atoms in total. The maximum Gasteiger partial charge on any atom is 0.240 e. The lowest BCUT2D eigenvalue weighted by atomic mass is 10.2. The van der Waals surface area contributed by atoms with Crippen LogP contribution in [0.5, 0.6) is 11.5 Å². The van der Waals surface area contributed by atoms with E-state index in [0.717, 1.165) is 0 Å². The number of ether oxygens (including phenoxy) is 2. The van der Waals surface area contributed by atoms with Crippen LogP contribution in [0.3, 0.4) is 0 Å². The topological polar surface area (TPSA) is 109 Å². The van der Waals surface area contributed by atoms with Gasteiger partial charge in [-0.2, -0.15) is 5.26 Å². The third kappa shape index (κ3) is 4.19. The number of carbonyl (C=O) groups excluding carboxylic acids is 1. The fraction of sp³-hybridized carbons (Fsp3) is 0.222. The number of carbonyl (C=O) groups is 1. The van der Waals surface area contributed by atoms with E-state index >= 15 is 0 Å². The van der Waals surface area contributed by atoms with Crippen LogP contribution in [0.1, 0.15) is 12.5 Å². The third-order valence-corrected chi connectivity index (χ3v) is 5.41. The first-order valence-corrected chi connectivity index (χ1v) is 9.56. The Morgan fingerprint density at radius 1 is 1.22 bits per heavy atom. The molecule has 0 unspecified atom stereocenters. The van der Waals surface area contributed by atoms with Crippen LogP contribution in [-0.2, 0) is 14.8 Å². The van der Waals surface area contributed by atoms with Gasteiger partial charge in [-0.15, -0.1) is 0 Å². The summed E-state index contributed by atoms with van der Waals surface area (Å²) in [6.07, 6.45) is 0. The van der Waals surface area contributed by atoms with Gasteiger partial charge in [0.15, 0.2) is 11.5 Å². The number of benzene rings is 2. The van der Waals surface area contributed by atoms with Crippen LogP contribution in [0.2, 0.25) is 0 Å². The van der Waals surface area contributed by atoms with E-state index in [4.69, 9.17) is 14.7 Å². The lowest BCUT2D eigenvalue weighted by Gasteiger charge is -2.21. The van der Waals surface area contributed by atoms with Crippen molar-refractivity contribution < 1.29 is 22.7 Å². The normalized spacial score (nSPS) is 12.4. The number of nitrogens with one attached hydrogen (secondary N) is 1. The van der Waals surface area contributed by atoms with Gasteiger partial charge in [0.05, 0.1) is 16.5 Å². The molecule has 0 bridgehead atoms. The molecule has 2 aromatic rings. The van der Waals surface area contributed by atoms with E-state index in [0.29, 0.717) is 22.7 Å². The Hall–Kier alpha value is -3.09. The summed E-state index contributed by atoms with van der Waals surface area (Å²) in [7, 11) is -3.77. The first kappa shape index (κ1) is 18.7. The van der Waals surface area contributed by atoms with Crippen LogP contribution in [0, 0.1) is 11.3 Å². The molecule has 27 heavy (non-hydrogen) atoms. The molecule has 9 heteroatoms. The zero-order valence-electron chi connectivity index (χ0n) is 14.5. The van der Waals surface area contributed by atoms with Gasteiger partial charge in [0, 0.05) is 31.8 Å². The Bertz CT molecular complexity index is 1010. The molecule has 0 radical (unpaired) electrons. The molecular weight excluding hydrogens is 370 g/mol. The minimum Gasteiger partial charge on any atom is -0.454 e. The van der Waals surface area contributed by atoms with Crippen molar-refractivity contribution >= 4 is 21.6 Å². The lowest BCUT2D eigenvalue weighted by molar-refractivity contribution is -0.116. The SMILES string of the molecule is CC(=O)N(CCNS(=O)(=O)c1ccc2c(c1)OCO2)c1cccc(C#N)c1. The van der Waals surface area contributed by atoms with Crippen molar-refractivity contribution in [3.8, 4) is 17.6 Å². The Labute approximate surface area is 157 Å². The fourth-order valence-electron chi connectivity index (χ4n) is 2.63. The van der Waals surface area contributed by atoms with Gasteiger partial charge in [-0.3, -0.25) is 4.79 Å². The van der Waals surface area contributed by atoms with Crippen molar-refractivity contribution in [1.82, 2.24) is 4.72 Å². The monoisotopic (exact) mass is 387 g/mol. The molecule has 1 aliphatic rings. The van der Waals surface area contributed by atoms with Crippen LogP contribution in [-0.4, -0.2) is 34.2 Å². The fourth-order valence-corrected chi connectivity index (χ4v) is 3.67. The summed E-state index contributed by atoms with van der Waals surface area (Å²) in [6, 6.07) is 12.9. The zero-order valence-corrected chi connectivity index (χ0v) is 15.3. The average molecular weight is 387 g/mol. The van der Waals surface area contributed by atoms with Crippen LogP contribution < -0.4 is 19.1 Å². The first-order chi connectivity index (χ1) is 12.9. The van der Waals surface area contributed by atoms with Crippen LogP contribution >= 0.6 is 0 Å². The molecular formula is C18H17N3O5S. The van der Waals surface area contributed by atoms with Gasteiger partial charge in [0.25, 0.3) is 0 Å². The summed E-state index contributed by atoms with van der Waals surface area (Å²) in [5.41, 5.74) is 0.948.